The molecule has 1 aliphatic rings. The van der Waals surface area contributed by atoms with Crippen LogP contribution < -0.4 is 5.73 Å². The van der Waals surface area contributed by atoms with Gasteiger partial charge in [-0.25, -0.2) is 0 Å². The molecule has 150 valence electrons. The van der Waals surface area contributed by atoms with Crippen LogP contribution in [0, 0.1) is 6.92 Å². The van der Waals surface area contributed by atoms with Gasteiger partial charge in [0, 0.05) is 16.1 Å². The number of carbonyl (C=O) groups is 1. The van der Waals surface area contributed by atoms with Gasteiger partial charge in [0.1, 0.15) is 12.4 Å². The number of fused-ring (bicyclic) bond motifs is 3. The lowest BCUT2D eigenvalue weighted by atomic mass is 9.98. The van der Waals surface area contributed by atoms with E-state index in [1.54, 1.807) is 0 Å². The molecular formula is C22H24ClN5O. The second kappa shape index (κ2) is 10.3. The van der Waals surface area contributed by atoms with Gasteiger partial charge in [-0.05, 0) is 36.8 Å². The normalized spacial score (nSPS) is 11.2. The molecule has 1 aliphatic heterocycles. The first-order valence-corrected chi connectivity index (χ1v) is 9.60. The highest BCUT2D eigenvalue weighted by atomic mass is 35.5. The number of rotatable bonds is 2. The van der Waals surface area contributed by atoms with Crippen molar-refractivity contribution in [2.45, 2.75) is 27.3 Å². The monoisotopic (exact) mass is 409 g/mol. The zero-order valence-corrected chi connectivity index (χ0v) is 17.5. The van der Waals surface area contributed by atoms with Crippen LogP contribution >= 0.6 is 11.6 Å². The largest absolute Gasteiger partial charge is 0.372 e. The third-order valence-electron chi connectivity index (χ3n) is 4.14. The minimum atomic E-state index is 0.250. The molecule has 2 aromatic carbocycles. The number of aromatic nitrogens is 3. The molecule has 1 amide bonds. The molecule has 3 aromatic rings. The summed E-state index contributed by atoms with van der Waals surface area (Å²) in [7, 11) is 0. The van der Waals surface area contributed by atoms with Crippen LogP contribution in [-0.4, -0.2) is 26.9 Å². The van der Waals surface area contributed by atoms with Gasteiger partial charge in [0.25, 0.3) is 0 Å². The van der Waals surface area contributed by atoms with Crippen molar-refractivity contribution in [2.75, 3.05) is 0 Å². The van der Waals surface area contributed by atoms with E-state index in [0.29, 0.717) is 11.6 Å². The molecule has 4 rings (SSSR count). The standard InChI is InChI=1S/C19H15ClN4.C2H6.CH3NO/c1-3-13-4-9-17-16(10-13)19(14-5-7-15(20)8-6-14)21-11-18-23-22-12(2)24(17)18;1-2;2-1-3/h3-10H,1,11H2,2H3;1-2H3;1H,(H2,2,3). The Balaban J connectivity index is 0.000000551. The molecule has 0 radical (unpaired) electrons. The Labute approximate surface area is 175 Å². The molecule has 0 aliphatic carbocycles. The third kappa shape index (κ3) is 4.78. The van der Waals surface area contributed by atoms with Crippen molar-refractivity contribution in [1.29, 1.82) is 0 Å². The van der Waals surface area contributed by atoms with Crippen LogP contribution in [0.3, 0.4) is 0 Å². The Kier molecular flexibility index (Phi) is 7.86. The van der Waals surface area contributed by atoms with Crippen LogP contribution in [0.25, 0.3) is 11.8 Å². The maximum absolute atomic E-state index is 8.58. The SMILES string of the molecule is C=Cc1ccc2c(c1)C(c1ccc(Cl)cc1)=NCc1nnc(C)n1-2.CC.NC=O. The summed E-state index contributed by atoms with van der Waals surface area (Å²) in [6, 6.07) is 14.0. The second-order valence-electron chi connectivity index (χ2n) is 5.79. The van der Waals surface area contributed by atoms with Gasteiger partial charge in [0.15, 0.2) is 5.82 Å². The fraction of sp³-hybridized carbons (Fsp3) is 0.182. The molecule has 29 heavy (non-hydrogen) atoms. The fourth-order valence-corrected chi connectivity index (χ4v) is 3.10. The topological polar surface area (TPSA) is 86.2 Å². The fourth-order valence-electron chi connectivity index (χ4n) is 2.98. The summed E-state index contributed by atoms with van der Waals surface area (Å²) < 4.78 is 2.06. The summed E-state index contributed by atoms with van der Waals surface area (Å²) in [6.07, 6.45) is 2.09. The van der Waals surface area contributed by atoms with Crippen molar-refractivity contribution >= 4 is 29.8 Å². The summed E-state index contributed by atoms with van der Waals surface area (Å²) in [4.78, 5) is 13.4. The van der Waals surface area contributed by atoms with Gasteiger partial charge in [-0.2, -0.15) is 0 Å². The van der Waals surface area contributed by atoms with Crippen molar-refractivity contribution in [3.05, 3.63) is 82.4 Å². The number of amides is 1. The van der Waals surface area contributed by atoms with Gasteiger partial charge in [0.05, 0.1) is 11.4 Å². The van der Waals surface area contributed by atoms with E-state index in [2.05, 4.69) is 39.2 Å². The van der Waals surface area contributed by atoms with Crippen LogP contribution in [0.1, 0.15) is 42.2 Å². The van der Waals surface area contributed by atoms with Gasteiger partial charge >= 0.3 is 0 Å². The highest BCUT2D eigenvalue weighted by Crippen LogP contribution is 2.27. The van der Waals surface area contributed by atoms with Gasteiger partial charge in [-0.1, -0.05) is 56.3 Å². The van der Waals surface area contributed by atoms with Gasteiger partial charge in [-0.15, -0.1) is 10.2 Å². The Morgan fingerprint density at radius 3 is 2.41 bits per heavy atom. The van der Waals surface area contributed by atoms with Crippen molar-refractivity contribution in [1.82, 2.24) is 14.8 Å². The predicted molar refractivity (Wildman–Crippen MR) is 119 cm³/mol. The van der Waals surface area contributed by atoms with Gasteiger partial charge in [-0.3, -0.25) is 14.4 Å². The Hall–Kier alpha value is -3.25. The average Bonchev–Trinajstić information content (AvgIpc) is 3.02. The lowest BCUT2D eigenvalue weighted by molar-refractivity contribution is -0.106. The predicted octanol–water partition coefficient (Wildman–Crippen LogP) is 4.35. The van der Waals surface area contributed by atoms with Crippen LogP contribution in [0.15, 0.2) is 54.0 Å². The first-order valence-electron chi connectivity index (χ1n) is 9.23. The molecular weight excluding hydrogens is 386 g/mol. The summed E-state index contributed by atoms with van der Waals surface area (Å²) >= 11 is 6.03. The molecule has 0 saturated carbocycles. The van der Waals surface area contributed by atoms with Gasteiger partial charge < -0.3 is 5.73 Å². The second-order valence-corrected chi connectivity index (χ2v) is 6.22. The Bertz CT molecular complexity index is 1020. The minimum absolute atomic E-state index is 0.250. The number of halogens is 1. The number of nitrogens with zero attached hydrogens (tertiary/aromatic N) is 4. The summed E-state index contributed by atoms with van der Waals surface area (Å²) in [6.45, 7) is 10.3. The van der Waals surface area contributed by atoms with Crippen molar-refractivity contribution in [3.8, 4) is 5.69 Å². The van der Waals surface area contributed by atoms with Crippen LogP contribution in [0.2, 0.25) is 5.02 Å². The van der Waals surface area contributed by atoms with Crippen molar-refractivity contribution in [2.24, 2.45) is 10.7 Å². The van der Waals surface area contributed by atoms with E-state index in [1.165, 1.54) is 0 Å². The summed E-state index contributed by atoms with van der Waals surface area (Å²) in [5, 5.41) is 9.17. The lowest BCUT2D eigenvalue weighted by Crippen LogP contribution is -2.08. The van der Waals surface area contributed by atoms with E-state index >= 15 is 0 Å². The van der Waals surface area contributed by atoms with Crippen LogP contribution in [0.4, 0.5) is 0 Å². The van der Waals surface area contributed by atoms with Crippen LogP contribution in [0.5, 0.6) is 0 Å². The number of hydrogen-bond acceptors (Lipinski definition) is 4. The first-order chi connectivity index (χ1) is 14.1. The van der Waals surface area contributed by atoms with E-state index in [0.717, 1.165) is 39.7 Å². The van der Waals surface area contributed by atoms with E-state index < -0.39 is 0 Å². The summed E-state index contributed by atoms with van der Waals surface area (Å²) in [5.41, 5.74) is 9.23. The molecule has 2 heterocycles. The number of hydrogen-bond donors (Lipinski definition) is 1. The molecule has 0 bridgehead atoms. The number of aliphatic imine (C=N–C) groups is 1. The molecule has 1 aromatic heterocycles. The minimum Gasteiger partial charge on any atom is -0.372 e. The van der Waals surface area contributed by atoms with E-state index in [-0.39, 0.29) is 6.41 Å². The van der Waals surface area contributed by atoms with Crippen LogP contribution in [-0.2, 0) is 11.3 Å². The quantitative estimate of drug-likeness (QED) is 0.638. The molecule has 2 N–H and O–H groups in total. The van der Waals surface area contributed by atoms with E-state index in [1.807, 2.05) is 57.2 Å². The molecule has 0 saturated heterocycles. The molecule has 0 unspecified atom stereocenters. The molecule has 0 atom stereocenters. The maximum atomic E-state index is 8.58. The number of aryl methyl sites for hydroxylation is 1. The first kappa shape index (κ1) is 22.0. The highest BCUT2D eigenvalue weighted by Gasteiger charge is 2.21. The molecule has 7 heteroatoms. The van der Waals surface area contributed by atoms with E-state index in [4.69, 9.17) is 21.4 Å². The smallest absolute Gasteiger partial charge is 0.204 e. The van der Waals surface area contributed by atoms with Crippen molar-refractivity contribution < 1.29 is 4.79 Å². The van der Waals surface area contributed by atoms with Gasteiger partial charge in [0.2, 0.25) is 6.41 Å². The van der Waals surface area contributed by atoms with Crippen molar-refractivity contribution in [3.63, 3.8) is 0 Å². The number of nitrogens with two attached hydrogens (primary N) is 1. The highest BCUT2D eigenvalue weighted by molar-refractivity contribution is 6.30. The Morgan fingerprint density at radius 2 is 1.79 bits per heavy atom. The maximum Gasteiger partial charge on any atom is 0.204 e. The molecule has 0 spiro atoms. The summed E-state index contributed by atoms with van der Waals surface area (Å²) in [5.74, 6) is 1.69. The zero-order valence-electron chi connectivity index (χ0n) is 16.8. The van der Waals surface area contributed by atoms with E-state index in [9.17, 15) is 0 Å². The molecule has 0 fully saturated rings. The number of carbonyl (C=O) groups excluding carboxylic acids is 1. The molecule has 6 nitrogen and oxygen atoms in total. The number of benzene rings is 2. The lowest BCUT2D eigenvalue weighted by Gasteiger charge is -2.13. The zero-order chi connectivity index (χ0) is 21.4. The average molecular weight is 410 g/mol. The Morgan fingerprint density at radius 1 is 1.14 bits per heavy atom. The number of primary amides is 1. The third-order valence-corrected chi connectivity index (χ3v) is 4.39.